The average Bonchev–Trinajstić information content (AvgIpc) is 2.85. The Bertz CT molecular complexity index is 606. The Hall–Kier alpha value is -2.21. The fourth-order valence-electron chi connectivity index (χ4n) is 1.51. The predicted molar refractivity (Wildman–Crippen MR) is 70.5 cm³/mol. The van der Waals surface area contributed by atoms with Crippen molar-refractivity contribution in [1.82, 2.24) is 4.98 Å². The van der Waals surface area contributed by atoms with Gasteiger partial charge in [-0.2, -0.15) is 0 Å². The number of ether oxygens (including phenoxy) is 1. The third kappa shape index (κ3) is 2.79. The van der Waals surface area contributed by atoms with E-state index in [1.807, 2.05) is 18.2 Å². The molecule has 0 amide bonds. The molecule has 0 atom stereocenters. The van der Waals surface area contributed by atoms with Gasteiger partial charge in [-0.05, 0) is 6.92 Å². The van der Waals surface area contributed by atoms with Crippen molar-refractivity contribution in [1.29, 1.82) is 0 Å². The van der Waals surface area contributed by atoms with E-state index in [9.17, 15) is 9.59 Å². The molecule has 1 aromatic heterocycles. The number of rotatable bonds is 4. The van der Waals surface area contributed by atoms with Crippen LogP contribution in [0.4, 0.5) is 0 Å². The second-order valence-corrected chi connectivity index (χ2v) is 4.59. The van der Waals surface area contributed by atoms with Crippen LogP contribution >= 0.6 is 11.3 Å². The summed E-state index contributed by atoms with van der Waals surface area (Å²) >= 11 is 0.963. The Morgan fingerprint density at radius 1 is 1.32 bits per heavy atom. The summed E-state index contributed by atoms with van der Waals surface area (Å²) in [6.45, 7) is 1.83. The molecule has 98 valence electrons. The van der Waals surface area contributed by atoms with Gasteiger partial charge >= 0.3 is 11.9 Å². The quantitative estimate of drug-likeness (QED) is 0.869. The number of carbonyl (C=O) groups excluding carboxylic acids is 1. The lowest BCUT2D eigenvalue weighted by Gasteiger charge is -1.98. The van der Waals surface area contributed by atoms with Crippen LogP contribution in [0.15, 0.2) is 30.3 Å². The van der Waals surface area contributed by atoms with Crippen molar-refractivity contribution in [2.45, 2.75) is 6.92 Å². The smallest absolute Gasteiger partial charge is 0.358 e. The van der Waals surface area contributed by atoms with Crippen LogP contribution < -0.4 is 0 Å². The van der Waals surface area contributed by atoms with Gasteiger partial charge in [-0.15, -0.1) is 11.3 Å². The molecule has 0 saturated carbocycles. The van der Waals surface area contributed by atoms with Crippen LogP contribution in [0.1, 0.15) is 27.1 Å². The van der Waals surface area contributed by atoms with Crippen LogP contribution in [0.3, 0.4) is 0 Å². The van der Waals surface area contributed by atoms with Crippen molar-refractivity contribution in [3.8, 4) is 10.6 Å². The number of carboxylic acids is 1. The van der Waals surface area contributed by atoms with Gasteiger partial charge in [0.05, 0.1) is 6.61 Å². The molecule has 6 heteroatoms. The van der Waals surface area contributed by atoms with E-state index in [2.05, 4.69) is 4.98 Å². The number of hydrogen-bond acceptors (Lipinski definition) is 5. The van der Waals surface area contributed by atoms with E-state index in [1.54, 1.807) is 19.1 Å². The van der Waals surface area contributed by atoms with Gasteiger partial charge in [0.15, 0.2) is 5.69 Å². The molecular weight excluding hydrogens is 266 g/mol. The summed E-state index contributed by atoms with van der Waals surface area (Å²) in [5.41, 5.74) is 0.628. The number of nitrogens with zero attached hydrogens (tertiary/aromatic N) is 1. The van der Waals surface area contributed by atoms with Crippen molar-refractivity contribution in [3.05, 3.63) is 40.9 Å². The fraction of sp³-hybridized carbons (Fsp3) is 0.154. The van der Waals surface area contributed by atoms with Gasteiger partial charge in [0.2, 0.25) is 0 Å². The molecule has 0 aliphatic heterocycles. The lowest BCUT2D eigenvalue weighted by molar-refractivity contribution is 0.0509. The maximum atomic E-state index is 11.7. The monoisotopic (exact) mass is 277 g/mol. The van der Waals surface area contributed by atoms with Crippen molar-refractivity contribution in [3.63, 3.8) is 0 Å². The summed E-state index contributed by atoms with van der Waals surface area (Å²) in [5, 5.41) is 9.59. The molecule has 2 rings (SSSR count). The van der Waals surface area contributed by atoms with Gasteiger partial charge in [0.25, 0.3) is 0 Å². The SMILES string of the molecule is CCOC(=O)c1nc(-c2ccccc2)sc1C(=O)O. The summed E-state index contributed by atoms with van der Waals surface area (Å²) in [4.78, 5) is 26.8. The van der Waals surface area contributed by atoms with Crippen LogP contribution in [0.2, 0.25) is 0 Å². The first-order chi connectivity index (χ1) is 9.13. The van der Waals surface area contributed by atoms with E-state index < -0.39 is 11.9 Å². The lowest BCUT2D eigenvalue weighted by Crippen LogP contribution is -2.10. The minimum absolute atomic E-state index is 0.0997. The van der Waals surface area contributed by atoms with Crippen molar-refractivity contribution < 1.29 is 19.4 Å². The zero-order chi connectivity index (χ0) is 13.8. The van der Waals surface area contributed by atoms with E-state index in [-0.39, 0.29) is 17.2 Å². The van der Waals surface area contributed by atoms with Gasteiger partial charge in [-0.25, -0.2) is 14.6 Å². The second-order valence-electron chi connectivity index (χ2n) is 3.59. The standard InChI is InChI=1S/C13H11NO4S/c1-2-18-13(17)9-10(12(15)16)19-11(14-9)8-6-4-3-5-7-8/h3-7H,2H2,1H3,(H,15,16). The fourth-order valence-corrected chi connectivity index (χ4v) is 2.40. The first-order valence-electron chi connectivity index (χ1n) is 5.60. The first-order valence-corrected chi connectivity index (χ1v) is 6.41. The zero-order valence-electron chi connectivity index (χ0n) is 10.1. The lowest BCUT2D eigenvalue weighted by atomic mass is 10.2. The molecule has 0 saturated heterocycles. The van der Waals surface area contributed by atoms with Gasteiger partial charge < -0.3 is 9.84 Å². The minimum atomic E-state index is -1.18. The molecule has 19 heavy (non-hydrogen) atoms. The normalized spacial score (nSPS) is 10.2. The summed E-state index contributed by atoms with van der Waals surface area (Å²) in [6.07, 6.45) is 0. The molecule has 0 spiro atoms. The van der Waals surface area contributed by atoms with E-state index in [1.165, 1.54) is 0 Å². The van der Waals surface area contributed by atoms with E-state index in [4.69, 9.17) is 9.84 Å². The molecule has 1 heterocycles. The third-order valence-electron chi connectivity index (χ3n) is 2.31. The number of aromatic nitrogens is 1. The van der Waals surface area contributed by atoms with E-state index in [0.29, 0.717) is 5.01 Å². The summed E-state index contributed by atoms with van der Waals surface area (Å²) in [5.74, 6) is -1.89. The number of benzene rings is 1. The summed E-state index contributed by atoms with van der Waals surface area (Å²) in [6, 6.07) is 9.10. The Balaban J connectivity index is 2.47. The number of hydrogen-bond donors (Lipinski definition) is 1. The largest absolute Gasteiger partial charge is 0.477 e. The summed E-state index contributed by atoms with van der Waals surface area (Å²) < 4.78 is 4.81. The van der Waals surface area contributed by atoms with Gasteiger partial charge in [0, 0.05) is 5.56 Å². The number of carbonyl (C=O) groups is 2. The first kappa shape index (κ1) is 13.2. The van der Waals surface area contributed by atoms with E-state index >= 15 is 0 Å². The van der Waals surface area contributed by atoms with Crippen LogP contribution in [0.5, 0.6) is 0 Å². The molecule has 0 bridgehead atoms. The number of thiazole rings is 1. The minimum Gasteiger partial charge on any atom is -0.477 e. The maximum absolute atomic E-state index is 11.7. The van der Waals surface area contributed by atoms with Crippen LogP contribution in [-0.2, 0) is 4.74 Å². The van der Waals surface area contributed by atoms with Gasteiger partial charge in [-0.1, -0.05) is 30.3 Å². The highest BCUT2D eigenvalue weighted by Gasteiger charge is 2.24. The molecule has 0 fully saturated rings. The number of aromatic carboxylic acids is 1. The Morgan fingerprint density at radius 3 is 2.58 bits per heavy atom. The summed E-state index contributed by atoms with van der Waals surface area (Å²) in [7, 11) is 0. The predicted octanol–water partition coefficient (Wildman–Crippen LogP) is 2.69. The molecule has 1 N–H and O–H groups in total. The van der Waals surface area contributed by atoms with Crippen molar-refractivity contribution in [2.24, 2.45) is 0 Å². The number of esters is 1. The highest BCUT2D eigenvalue weighted by Crippen LogP contribution is 2.28. The van der Waals surface area contributed by atoms with E-state index in [0.717, 1.165) is 16.9 Å². The molecular formula is C13H11NO4S. The molecule has 1 aromatic carbocycles. The van der Waals surface area contributed by atoms with Crippen molar-refractivity contribution in [2.75, 3.05) is 6.61 Å². The van der Waals surface area contributed by atoms with Gasteiger partial charge in [0.1, 0.15) is 9.88 Å². The highest BCUT2D eigenvalue weighted by molar-refractivity contribution is 7.17. The topological polar surface area (TPSA) is 76.5 Å². The molecule has 5 nitrogen and oxygen atoms in total. The van der Waals surface area contributed by atoms with Crippen molar-refractivity contribution >= 4 is 23.3 Å². The van der Waals surface area contributed by atoms with Crippen LogP contribution in [-0.4, -0.2) is 28.6 Å². The molecule has 0 aliphatic carbocycles. The Kier molecular flexibility index (Phi) is 3.91. The highest BCUT2D eigenvalue weighted by atomic mass is 32.1. The Labute approximate surface area is 113 Å². The van der Waals surface area contributed by atoms with Gasteiger partial charge in [-0.3, -0.25) is 0 Å². The van der Waals surface area contributed by atoms with Crippen LogP contribution in [0.25, 0.3) is 10.6 Å². The zero-order valence-corrected chi connectivity index (χ0v) is 10.9. The number of carboxylic acid groups (broad SMARTS) is 1. The third-order valence-corrected chi connectivity index (χ3v) is 3.40. The average molecular weight is 277 g/mol. The molecule has 0 unspecified atom stereocenters. The maximum Gasteiger partial charge on any atom is 0.358 e. The molecule has 0 aliphatic rings. The second kappa shape index (κ2) is 5.62. The Morgan fingerprint density at radius 2 is 2.00 bits per heavy atom. The van der Waals surface area contributed by atoms with Crippen LogP contribution in [0, 0.1) is 0 Å². The molecule has 0 radical (unpaired) electrons. The molecule has 2 aromatic rings.